The maximum atomic E-state index is 12.1. The molecule has 1 N–H and O–H groups in total. The zero-order chi connectivity index (χ0) is 14.3. The van der Waals surface area contributed by atoms with Crippen LogP contribution in [0.15, 0.2) is 24.3 Å². The molecule has 0 fully saturated rings. The van der Waals surface area contributed by atoms with Crippen LogP contribution in [-0.4, -0.2) is 24.4 Å². The van der Waals surface area contributed by atoms with Gasteiger partial charge in [0.15, 0.2) is 0 Å². The van der Waals surface area contributed by atoms with Gasteiger partial charge in [0.1, 0.15) is 5.75 Å². The number of rotatable bonds is 7. The van der Waals surface area contributed by atoms with Gasteiger partial charge in [-0.15, -0.1) is 11.6 Å². The Hall–Kier alpha value is -1.22. The first-order valence-corrected chi connectivity index (χ1v) is 7.21. The summed E-state index contributed by atoms with van der Waals surface area (Å²) in [6.45, 7) is 6.68. The van der Waals surface area contributed by atoms with Gasteiger partial charge in [-0.1, -0.05) is 19.9 Å². The van der Waals surface area contributed by atoms with Crippen molar-refractivity contribution in [1.82, 2.24) is 5.32 Å². The van der Waals surface area contributed by atoms with Crippen LogP contribution in [-0.2, 0) is 0 Å². The topological polar surface area (TPSA) is 38.3 Å². The van der Waals surface area contributed by atoms with Crippen molar-refractivity contribution in [3.05, 3.63) is 29.8 Å². The summed E-state index contributed by atoms with van der Waals surface area (Å²) in [7, 11) is 0. The fourth-order valence-electron chi connectivity index (χ4n) is 1.51. The Morgan fingerprint density at radius 1 is 1.42 bits per heavy atom. The second-order valence-corrected chi connectivity index (χ2v) is 5.08. The van der Waals surface area contributed by atoms with Crippen LogP contribution in [0, 0.1) is 5.92 Å². The monoisotopic (exact) mass is 283 g/mol. The van der Waals surface area contributed by atoms with Crippen molar-refractivity contribution in [2.45, 2.75) is 33.2 Å². The van der Waals surface area contributed by atoms with Crippen molar-refractivity contribution in [2.75, 3.05) is 12.5 Å². The molecular formula is C15H22ClNO2. The lowest BCUT2D eigenvalue weighted by molar-refractivity contribution is 0.0930. The third-order valence-electron chi connectivity index (χ3n) is 3.02. The van der Waals surface area contributed by atoms with Gasteiger partial charge in [0.2, 0.25) is 0 Å². The van der Waals surface area contributed by atoms with E-state index in [1.165, 1.54) is 0 Å². The smallest absolute Gasteiger partial charge is 0.251 e. The van der Waals surface area contributed by atoms with Gasteiger partial charge in [-0.25, -0.2) is 0 Å². The molecule has 3 nitrogen and oxygen atoms in total. The normalized spacial score (nSPS) is 13.7. The first-order chi connectivity index (χ1) is 9.08. The van der Waals surface area contributed by atoms with E-state index < -0.39 is 0 Å². The summed E-state index contributed by atoms with van der Waals surface area (Å²) in [5.41, 5.74) is 0.613. The van der Waals surface area contributed by atoms with Crippen molar-refractivity contribution in [2.24, 2.45) is 5.92 Å². The molecule has 106 valence electrons. The maximum Gasteiger partial charge on any atom is 0.251 e. The molecule has 0 heterocycles. The Balaban J connectivity index is 2.66. The van der Waals surface area contributed by atoms with E-state index in [1.54, 1.807) is 12.1 Å². The molecule has 1 amide bonds. The summed E-state index contributed by atoms with van der Waals surface area (Å²) in [6.07, 6.45) is 0.945. The van der Waals surface area contributed by atoms with E-state index in [-0.39, 0.29) is 17.9 Å². The molecule has 19 heavy (non-hydrogen) atoms. The van der Waals surface area contributed by atoms with Gasteiger partial charge >= 0.3 is 0 Å². The van der Waals surface area contributed by atoms with Crippen LogP contribution in [0.2, 0.25) is 0 Å². The van der Waals surface area contributed by atoms with Crippen LogP contribution in [0.4, 0.5) is 0 Å². The molecule has 0 spiro atoms. The zero-order valence-electron chi connectivity index (χ0n) is 11.8. The SMILES string of the molecule is CCCOc1cccc(C(=O)NC(C)C(C)CCl)c1. The number of ether oxygens (including phenoxy) is 1. The molecule has 0 saturated carbocycles. The number of halogens is 1. The molecule has 0 aromatic heterocycles. The Bertz CT molecular complexity index is 409. The van der Waals surface area contributed by atoms with E-state index in [0.717, 1.165) is 12.2 Å². The van der Waals surface area contributed by atoms with E-state index >= 15 is 0 Å². The second-order valence-electron chi connectivity index (χ2n) is 4.77. The lowest BCUT2D eigenvalue weighted by Crippen LogP contribution is -2.37. The summed E-state index contributed by atoms with van der Waals surface area (Å²) < 4.78 is 5.52. The van der Waals surface area contributed by atoms with E-state index in [1.807, 2.05) is 32.9 Å². The van der Waals surface area contributed by atoms with Crippen LogP contribution >= 0.6 is 11.6 Å². The van der Waals surface area contributed by atoms with Crippen molar-refractivity contribution in [3.8, 4) is 5.75 Å². The van der Waals surface area contributed by atoms with Gasteiger partial charge in [0.25, 0.3) is 5.91 Å². The molecule has 2 atom stereocenters. The Morgan fingerprint density at radius 2 is 2.16 bits per heavy atom. The van der Waals surface area contributed by atoms with Crippen molar-refractivity contribution >= 4 is 17.5 Å². The summed E-state index contributed by atoms with van der Waals surface area (Å²) in [5, 5.41) is 2.95. The molecule has 0 saturated heterocycles. The number of amides is 1. The minimum atomic E-state index is -0.0913. The average Bonchev–Trinajstić information content (AvgIpc) is 2.44. The van der Waals surface area contributed by atoms with Gasteiger partial charge in [0.05, 0.1) is 6.61 Å². The number of nitrogens with one attached hydrogen (secondary N) is 1. The first kappa shape index (κ1) is 15.8. The molecule has 4 heteroatoms. The van der Waals surface area contributed by atoms with Crippen LogP contribution < -0.4 is 10.1 Å². The van der Waals surface area contributed by atoms with Gasteiger partial charge in [-0.2, -0.15) is 0 Å². The molecule has 1 aromatic rings. The molecule has 0 radical (unpaired) electrons. The van der Waals surface area contributed by atoms with Gasteiger partial charge in [-0.05, 0) is 37.5 Å². The summed E-state index contributed by atoms with van der Waals surface area (Å²) >= 11 is 5.79. The predicted molar refractivity (Wildman–Crippen MR) is 79.0 cm³/mol. The zero-order valence-corrected chi connectivity index (χ0v) is 12.5. The maximum absolute atomic E-state index is 12.1. The number of carbonyl (C=O) groups is 1. The summed E-state index contributed by atoms with van der Waals surface area (Å²) in [6, 6.07) is 7.28. The largest absolute Gasteiger partial charge is 0.494 e. The van der Waals surface area contributed by atoms with E-state index in [9.17, 15) is 4.79 Å². The molecule has 0 bridgehead atoms. The molecular weight excluding hydrogens is 262 g/mol. The predicted octanol–water partition coefficient (Wildman–Crippen LogP) is 3.47. The molecule has 1 rings (SSSR count). The highest BCUT2D eigenvalue weighted by molar-refractivity contribution is 6.18. The molecule has 2 unspecified atom stereocenters. The number of benzene rings is 1. The molecule has 0 aliphatic heterocycles. The van der Waals surface area contributed by atoms with Crippen LogP contribution in [0.5, 0.6) is 5.75 Å². The first-order valence-electron chi connectivity index (χ1n) is 6.68. The van der Waals surface area contributed by atoms with Crippen molar-refractivity contribution in [3.63, 3.8) is 0 Å². The molecule has 0 aliphatic rings. The molecule has 1 aromatic carbocycles. The van der Waals surface area contributed by atoms with Gasteiger partial charge < -0.3 is 10.1 Å². The molecule has 0 aliphatic carbocycles. The number of hydrogen-bond donors (Lipinski definition) is 1. The lowest BCUT2D eigenvalue weighted by atomic mass is 10.1. The number of carbonyl (C=O) groups excluding carboxylic acids is 1. The quantitative estimate of drug-likeness (QED) is 0.778. The van der Waals surface area contributed by atoms with Gasteiger partial charge in [-0.3, -0.25) is 4.79 Å². The third-order valence-corrected chi connectivity index (χ3v) is 3.51. The Morgan fingerprint density at radius 3 is 2.79 bits per heavy atom. The standard InChI is InChI=1S/C15H22ClNO2/c1-4-8-19-14-7-5-6-13(9-14)15(18)17-12(3)11(2)10-16/h5-7,9,11-12H,4,8,10H2,1-3H3,(H,17,18). The minimum Gasteiger partial charge on any atom is -0.494 e. The van der Waals surface area contributed by atoms with E-state index in [4.69, 9.17) is 16.3 Å². The van der Waals surface area contributed by atoms with Gasteiger partial charge in [0, 0.05) is 17.5 Å². The third kappa shape index (κ3) is 5.11. The van der Waals surface area contributed by atoms with Crippen molar-refractivity contribution in [1.29, 1.82) is 0 Å². The second kappa shape index (κ2) is 8.05. The minimum absolute atomic E-state index is 0.0465. The highest BCUT2D eigenvalue weighted by Gasteiger charge is 2.15. The Labute approximate surface area is 120 Å². The van der Waals surface area contributed by atoms with Crippen molar-refractivity contribution < 1.29 is 9.53 Å². The average molecular weight is 284 g/mol. The summed E-state index contributed by atoms with van der Waals surface area (Å²) in [4.78, 5) is 12.1. The van der Waals surface area contributed by atoms with Crippen LogP contribution in [0.1, 0.15) is 37.6 Å². The highest BCUT2D eigenvalue weighted by Crippen LogP contribution is 2.14. The number of alkyl halides is 1. The fraction of sp³-hybridized carbons (Fsp3) is 0.533. The van der Waals surface area contributed by atoms with Crippen LogP contribution in [0.25, 0.3) is 0 Å². The lowest BCUT2D eigenvalue weighted by Gasteiger charge is -2.19. The fourth-order valence-corrected chi connectivity index (χ4v) is 1.78. The van der Waals surface area contributed by atoms with E-state index in [2.05, 4.69) is 5.32 Å². The Kier molecular flexibility index (Phi) is 6.71. The number of hydrogen-bond acceptors (Lipinski definition) is 2. The van der Waals surface area contributed by atoms with Crippen LogP contribution in [0.3, 0.4) is 0 Å². The highest BCUT2D eigenvalue weighted by atomic mass is 35.5. The van der Waals surface area contributed by atoms with E-state index in [0.29, 0.717) is 18.1 Å². The summed E-state index contributed by atoms with van der Waals surface area (Å²) in [5.74, 6) is 1.41.